The smallest absolute Gasteiger partial charge is 0.216 e. The molecule has 4 heterocycles. The Morgan fingerprint density at radius 1 is 0.672 bits per heavy atom. The quantitative estimate of drug-likeness (QED) is 0.123. The predicted octanol–water partition coefficient (Wildman–Crippen LogP) is 15.9. The molecular formula is C60H53IrN5O-2. The van der Waals surface area contributed by atoms with Crippen molar-refractivity contribution in [2.45, 2.75) is 79.4 Å². The second kappa shape index (κ2) is 18.1. The molecule has 1 radical (unpaired) electrons. The van der Waals surface area contributed by atoms with Gasteiger partial charge in [-0.3, -0.25) is 15.0 Å². The van der Waals surface area contributed by atoms with Crippen LogP contribution in [-0.4, -0.2) is 24.5 Å². The number of nitrogens with zero attached hydrogens (tertiary/aromatic N) is 5. The van der Waals surface area contributed by atoms with E-state index in [4.69, 9.17) is 22.6 Å². The first-order valence-electron chi connectivity index (χ1n) is 25.4. The Morgan fingerprint density at radius 2 is 1.40 bits per heavy atom. The van der Waals surface area contributed by atoms with Crippen molar-refractivity contribution in [3.05, 3.63) is 186 Å². The van der Waals surface area contributed by atoms with E-state index in [0.717, 1.165) is 66.7 Å². The van der Waals surface area contributed by atoms with Crippen molar-refractivity contribution in [2.75, 3.05) is 0 Å². The zero-order chi connectivity index (χ0) is 50.9. The maximum Gasteiger partial charge on any atom is 0.216 e. The van der Waals surface area contributed by atoms with Crippen LogP contribution in [0.5, 0.6) is 0 Å². The molecule has 0 saturated heterocycles. The summed E-state index contributed by atoms with van der Waals surface area (Å²) < 4.78 is 60.4. The summed E-state index contributed by atoms with van der Waals surface area (Å²) in [5, 5.41) is 3.79. The van der Waals surface area contributed by atoms with Gasteiger partial charge in [-0.15, -0.1) is 53.6 Å². The summed E-state index contributed by atoms with van der Waals surface area (Å²) in [6.45, 7) is 10.0. The Morgan fingerprint density at radius 3 is 2.12 bits per heavy atom. The Bertz CT molecular complexity index is 3810. The molecule has 0 bridgehead atoms. The standard InChI is InChI=1S/C46H38N3O.C14H15N2.Ir/c1-26(2)36-24-33(30-14-8-7-9-15-30)25-37(27(3)4)43(36)49-42-29(6)13-12-18-39(42)47-45(49)35-22-19-28(5)40-38-23-32-21-20-31-16-10-11-17-34(31)41(32)48-46(38)50-44(35)40;1-14(2,3)12-9-10-15-13(16-12)11-7-5-4-6-8-11;/h7-21,23-27H,1-6H3;4-7,9-10H,1-3H3;/q2*-1;/i5D3,6D3;;. The van der Waals surface area contributed by atoms with E-state index in [9.17, 15) is 0 Å². The van der Waals surface area contributed by atoms with Crippen LogP contribution in [-0.2, 0) is 25.5 Å². The number of imidazole rings is 1. The molecule has 0 aliphatic heterocycles. The molecular weight excluding hydrogens is 999 g/mol. The van der Waals surface area contributed by atoms with Crippen molar-refractivity contribution in [3.8, 4) is 39.6 Å². The number of para-hydroxylation sites is 1. The minimum Gasteiger partial charge on any atom is -0.486 e. The molecule has 0 amide bonds. The van der Waals surface area contributed by atoms with Crippen molar-refractivity contribution in [1.29, 1.82) is 0 Å². The van der Waals surface area contributed by atoms with E-state index in [-0.39, 0.29) is 54.1 Å². The third-order valence-electron chi connectivity index (χ3n) is 12.2. The topological polar surface area (TPSA) is 69.6 Å². The van der Waals surface area contributed by atoms with Crippen LogP contribution in [0.1, 0.15) is 96.5 Å². The SMILES string of the molecule is CC(C)(C)c1ccnc(-c2[c-]cccc2)n1.[2H]C([2H])([2H])c1c[c-]c(-c2nc3cccc(C([2H])([2H])[2H])c3n2-c2c(C(C)C)cc(-c3ccccc3)cc2C(C)C)c2oc3nc4c(ccc5ccccc54)cc3c12.[Ir]. The summed E-state index contributed by atoms with van der Waals surface area (Å²) in [7, 11) is 0. The van der Waals surface area contributed by atoms with Gasteiger partial charge < -0.3 is 8.98 Å². The summed E-state index contributed by atoms with van der Waals surface area (Å²) in [4.78, 5) is 19.1. The zero-order valence-corrected chi connectivity index (χ0v) is 40.9. The molecule has 67 heavy (non-hydrogen) atoms. The second-order valence-corrected chi connectivity index (χ2v) is 18.5. The van der Waals surface area contributed by atoms with Crippen LogP contribution >= 0.6 is 0 Å². The van der Waals surface area contributed by atoms with Gasteiger partial charge in [0, 0.05) is 67.5 Å². The van der Waals surface area contributed by atoms with Gasteiger partial charge in [-0.25, -0.2) is 4.98 Å². The maximum atomic E-state index is 8.68. The maximum absolute atomic E-state index is 8.68. The van der Waals surface area contributed by atoms with Gasteiger partial charge in [-0.2, -0.15) is 0 Å². The van der Waals surface area contributed by atoms with E-state index < -0.39 is 13.7 Å². The minimum absolute atomic E-state index is 0. The Kier molecular flexibility index (Phi) is 10.4. The molecule has 4 aromatic heterocycles. The van der Waals surface area contributed by atoms with Gasteiger partial charge in [-0.1, -0.05) is 145 Å². The van der Waals surface area contributed by atoms with E-state index >= 15 is 0 Å². The van der Waals surface area contributed by atoms with Crippen molar-refractivity contribution < 1.29 is 32.7 Å². The number of hydrogen-bond acceptors (Lipinski definition) is 5. The van der Waals surface area contributed by atoms with E-state index in [1.807, 2.05) is 108 Å². The summed E-state index contributed by atoms with van der Waals surface area (Å²) in [5.41, 5.74) is 9.91. The number of benzene rings is 7. The average molecular weight is 1060 g/mol. The molecule has 0 unspecified atom stereocenters. The predicted molar refractivity (Wildman–Crippen MR) is 274 cm³/mol. The van der Waals surface area contributed by atoms with Crippen molar-refractivity contribution in [3.63, 3.8) is 0 Å². The number of hydrogen-bond donors (Lipinski definition) is 0. The third-order valence-corrected chi connectivity index (χ3v) is 12.2. The number of furan rings is 1. The van der Waals surface area contributed by atoms with Gasteiger partial charge in [0.1, 0.15) is 0 Å². The van der Waals surface area contributed by atoms with Crippen LogP contribution in [0.3, 0.4) is 0 Å². The second-order valence-electron chi connectivity index (χ2n) is 18.5. The van der Waals surface area contributed by atoms with Gasteiger partial charge in [0.15, 0.2) is 0 Å². The van der Waals surface area contributed by atoms with E-state index in [1.54, 1.807) is 12.1 Å². The minimum atomic E-state index is -2.50. The van der Waals surface area contributed by atoms with E-state index in [1.165, 1.54) is 6.07 Å². The normalized spacial score (nSPS) is 13.5. The van der Waals surface area contributed by atoms with Gasteiger partial charge >= 0.3 is 0 Å². The Balaban J connectivity index is 0.000000329. The average Bonchev–Trinajstić information content (AvgIpc) is 3.93. The molecule has 0 fully saturated rings. The molecule has 335 valence electrons. The molecule has 0 saturated carbocycles. The van der Waals surface area contributed by atoms with E-state index in [0.29, 0.717) is 38.9 Å². The molecule has 0 aliphatic rings. The molecule has 0 atom stereocenters. The van der Waals surface area contributed by atoms with Crippen LogP contribution in [0.4, 0.5) is 0 Å². The van der Waals surface area contributed by atoms with Gasteiger partial charge in [0.2, 0.25) is 5.71 Å². The van der Waals surface area contributed by atoms with Crippen LogP contribution in [0.2, 0.25) is 0 Å². The summed E-state index contributed by atoms with van der Waals surface area (Å²) >= 11 is 0. The molecule has 7 aromatic carbocycles. The van der Waals surface area contributed by atoms with Gasteiger partial charge in [-0.05, 0) is 82.2 Å². The molecule has 7 heteroatoms. The zero-order valence-electron chi connectivity index (χ0n) is 44.5. The van der Waals surface area contributed by atoms with Crippen molar-refractivity contribution in [2.24, 2.45) is 0 Å². The largest absolute Gasteiger partial charge is 0.486 e. The number of rotatable bonds is 6. The van der Waals surface area contributed by atoms with Gasteiger partial charge in [0.05, 0.1) is 33.8 Å². The number of fused-ring (bicyclic) bond motifs is 7. The molecule has 6 nitrogen and oxygen atoms in total. The van der Waals surface area contributed by atoms with Crippen LogP contribution in [0, 0.1) is 25.8 Å². The first-order valence-corrected chi connectivity index (χ1v) is 22.4. The molecule has 11 aromatic rings. The number of aromatic nitrogens is 5. The fraction of sp³-hybridized carbons (Fsp3) is 0.200. The fourth-order valence-corrected chi connectivity index (χ4v) is 8.88. The Labute approximate surface area is 415 Å². The van der Waals surface area contributed by atoms with Crippen molar-refractivity contribution in [1.82, 2.24) is 24.5 Å². The molecule has 0 N–H and O–H groups in total. The van der Waals surface area contributed by atoms with Crippen LogP contribution in [0.25, 0.3) is 94.4 Å². The number of pyridine rings is 1. The summed E-state index contributed by atoms with van der Waals surface area (Å²) in [5.74, 6) is 1.18. The fourth-order valence-electron chi connectivity index (χ4n) is 8.88. The summed E-state index contributed by atoms with van der Waals surface area (Å²) in [6.07, 6.45) is 1.81. The van der Waals surface area contributed by atoms with Crippen molar-refractivity contribution >= 4 is 54.8 Å². The first-order chi connectivity index (χ1) is 34.3. The summed E-state index contributed by atoms with van der Waals surface area (Å²) in [6, 6.07) is 51.4. The Hall–Kier alpha value is -6.79. The molecule has 11 rings (SSSR count). The molecule has 0 spiro atoms. The third kappa shape index (κ3) is 8.36. The monoisotopic (exact) mass is 1060 g/mol. The molecule has 0 aliphatic carbocycles. The van der Waals surface area contributed by atoms with Crippen LogP contribution in [0.15, 0.2) is 150 Å². The number of aryl methyl sites for hydroxylation is 2. The van der Waals surface area contributed by atoms with Crippen LogP contribution < -0.4 is 0 Å². The van der Waals surface area contributed by atoms with E-state index in [2.05, 4.69) is 94.8 Å². The first kappa shape index (κ1) is 38.3. The van der Waals surface area contributed by atoms with Gasteiger partial charge in [0.25, 0.3) is 0 Å².